The molecule has 1 rings (SSSR count). The Kier molecular flexibility index (Phi) is 7.53. The van der Waals surface area contributed by atoms with Crippen molar-refractivity contribution in [2.24, 2.45) is 0 Å². The normalized spacial score (nSPS) is 14.1. The van der Waals surface area contributed by atoms with E-state index < -0.39 is 0 Å². The second kappa shape index (κ2) is 8.94. The highest BCUT2D eigenvalue weighted by Crippen LogP contribution is 2.17. The van der Waals surface area contributed by atoms with Crippen LogP contribution in [0, 0.1) is 0 Å². The van der Waals surface area contributed by atoms with Crippen LogP contribution in [0.5, 0.6) is 5.75 Å². The first-order valence-corrected chi connectivity index (χ1v) is 7.19. The molecule has 1 aromatic carbocycles. The number of hydrogen-bond acceptors (Lipinski definition) is 3. The molecule has 3 nitrogen and oxygen atoms in total. The lowest BCUT2D eigenvalue weighted by Gasteiger charge is -2.25. The summed E-state index contributed by atoms with van der Waals surface area (Å²) in [6.07, 6.45) is 2.38. The zero-order valence-corrected chi connectivity index (χ0v) is 12.6. The average molecular weight is 265 g/mol. The third-order valence-corrected chi connectivity index (χ3v) is 3.19. The molecule has 0 aromatic heterocycles. The van der Waals surface area contributed by atoms with Crippen molar-refractivity contribution < 1.29 is 9.47 Å². The van der Waals surface area contributed by atoms with Crippen LogP contribution in [0.4, 0.5) is 0 Å². The summed E-state index contributed by atoms with van der Waals surface area (Å²) in [5.41, 5.74) is 1.14. The quantitative estimate of drug-likeness (QED) is 0.742. The minimum atomic E-state index is 0.161. The highest BCUT2D eigenvalue weighted by Gasteiger charge is 2.16. The van der Waals surface area contributed by atoms with Crippen LogP contribution in [-0.4, -0.2) is 25.8 Å². The molecule has 19 heavy (non-hydrogen) atoms. The Labute approximate surface area is 117 Å². The van der Waals surface area contributed by atoms with Crippen LogP contribution in [0.3, 0.4) is 0 Å². The zero-order chi connectivity index (χ0) is 14.1. The second-order valence-electron chi connectivity index (χ2n) is 4.87. The van der Waals surface area contributed by atoms with Gasteiger partial charge >= 0.3 is 0 Å². The molecule has 1 aromatic rings. The molecular formula is C16H27NO2. The van der Waals surface area contributed by atoms with Crippen LogP contribution in [0.25, 0.3) is 0 Å². The zero-order valence-electron chi connectivity index (χ0n) is 12.6. The maximum Gasteiger partial charge on any atom is 0.120 e. The van der Waals surface area contributed by atoms with Crippen molar-refractivity contribution in [3.63, 3.8) is 0 Å². The number of benzene rings is 1. The maximum absolute atomic E-state index is 6.03. The summed E-state index contributed by atoms with van der Waals surface area (Å²) >= 11 is 0. The number of ether oxygens (including phenoxy) is 2. The van der Waals surface area contributed by atoms with Crippen molar-refractivity contribution in [1.82, 2.24) is 5.32 Å². The summed E-state index contributed by atoms with van der Waals surface area (Å²) in [5, 5.41) is 3.53. The highest BCUT2D eigenvalue weighted by atomic mass is 16.5. The molecule has 3 heteroatoms. The average Bonchev–Trinajstić information content (AvgIpc) is 2.40. The summed E-state index contributed by atoms with van der Waals surface area (Å²) in [6, 6.07) is 8.50. The molecule has 1 N–H and O–H groups in total. The van der Waals surface area contributed by atoms with Crippen molar-refractivity contribution >= 4 is 0 Å². The van der Waals surface area contributed by atoms with Gasteiger partial charge in [0.25, 0.3) is 0 Å². The van der Waals surface area contributed by atoms with Gasteiger partial charge in [-0.15, -0.1) is 0 Å². The summed E-state index contributed by atoms with van der Waals surface area (Å²) in [6.45, 7) is 8.15. The van der Waals surface area contributed by atoms with Crippen molar-refractivity contribution in [2.75, 3.05) is 13.7 Å². The Balaban J connectivity index is 2.58. The van der Waals surface area contributed by atoms with E-state index in [1.54, 1.807) is 7.11 Å². The molecule has 0 amide bonds. The number of rotatable bonds is 9. The van der Waals surface area contributed by atoms with Gasteiger partial charge in [0.1, 0.15) is 11.9 Å². The molecule has 2 unspecified atom stereocenters. The van der Waals surface area contributed by atoms with Gasteiger partial charge in [-0.25, -0.2) is 0 Å². The largest absolute Gasteiger partial charge is 0.489 e. The predicted octanol–water partition coefficient (Wildman–Crippen LogP) is 3.38. The highest BCUT2D eigenvalue weighted by molar-refractivity contribution is 5.28. The van der Waals surface area contributed by atoms with Gasteiger partial charge < -0.3 is 14.8 Å². The van der Waals surface area contributed by atoms with Gasteiger partial charge in [-0.1, -0.05) is 26.0 Å². The molecule has 0 bridgehead atoms. The Morgan fingerprint density at radius 3 is 2.68 bits per heavy atom. The van der Waals surface area contributed by atoms with Crippen molar-refractivity contribution in [3.05, 3.63) is 29.8 Å². The molecule has 0 aliphatic heterocycles. The minimum absolute atomic E-state index is 0.161. The van der Waals surface area contributed by atoms with Crippen LogP contribution in [0.15, 0.2) is 24.3 Å². The van der Waals surface area contributed by atoms with Gasteiger partial charge in [0, 0.05) is 13.2 Å². The third kappa shape index (κ3) is 5.62. The molecular weight excluding hydrogens is 238 g/mol. The van der Waals surface area contributed by atoms with Crippen LogP contribution >= 0.6 is 0 Å². The Bertz CT molecular complexity index is 354. The first kappa shape index (κ1) is 16.0. The van der Waals surface area contributed by atoms with Gasteiger partial charge in [-0.2, -0.15) is 0 Å². The molecule has 0 aliphatic rings. The molecule has 0 aliphatic carbocycles. The Morgan fingerprint density at radius 1 is 1.26 bits per heavy atom. The van der Waals surface area contributed by atoms with Crippen LogP contribution in [0.2, 0.25) is 0 Å². The van der Waals surface area contributed by atoms with E-state index in [9.17, 15) is 0 Å². The smallest absolute Gasteiger partial charge is 0.120 e. The first-order chi connectivity index (χ1) is 9.21. The first-order valence-electron chi connectivity index (χ1n) is 7.19. The molecule has 0 saturated carbocycles. The van der Waals surface area contributed by atoms with E-state index >= 15 is 0 Å². The summed E-state index contributed by atoms with van der Waals surface area (Å²) in [4.78, 5) is 0. The van der Waals surface area contributed by atoms with Crippen molar-refractivity contribution in [3.8, 4) is 5.75 Å². The Hall–Kier alpha value is -1.06. The topological polar surface area (TPSA) is 30.5 Å². The SMILES string of the molecule is CCCNC(CC)C(C)Oc1cccc(COC)c1. The second-order valence-corrected chi connectivity index (χ2v) is 4.87. The minimum Gasteiger partial charge on any atom is -0.489 e. The van der Waals surface area contributed by atoms with Gasteiger partial charge in [-0.05, 0) is 44.0 Å². The fraction of sp³-hybridized carbons (Fsp3) is 0.625. The molecule has 108 valence electrons. The van der Waals surface area contributed by atoms with Crippen LogP contribution in [0.1, 0.15) is 39.2 Å². The predicted molar refractivity (Wildman–Crippen MR) is 79.6 cm³/mol. The van der Waals surface area contributed by atoms with Crippen molar-refractivity contribution in [1.29, 1.82) is 0 Å². The summed E-state index contributed by atoms with van der Waals surface area (Å²) in [5.74, 6) is 0.916. The summed E-state index contributed by atoms with van der Waals surface area (Å²) < 4.78 is 11.2. The van der Waals surface area contributed by atoms with E-state index in [1.807, 2.05) is 24.3 Å². The monoisotopic (exact) mass is 265 g/mol. The van der Waals surface area contributed by atoms with Gasteiger partial charge in [0.2, 0.25) is 0 Å². The molecule has 0 fully saturated rings. The third-order valence-electron chi connectivity index (χ3n) is 3.19. The number of hydrogen-bond donors (Lipinski definition) is 1. The molecule has 0 radical (unpaired) electrons. The number of nitrogens with one attached hydrogen (secondary N) is 1. The van der Waals surface area contributed by atoms with E-state index in [0.717, 1.165) is 30.7 Å². The van der Waals surface area contributed by atoms with Crippen molar-refractivity contribution in [2.45, 2.75) is 52.4 Å². The van der Waals surface area contributed by atoms with Gasteiger partial charge in [0.05, 0.1) is 6.61 Å². The van der Waals surface area contributed by atoms with E-state index in [0.29, 0.717) is 12.6 Å². The molecule has 0 spiro atoms. The standard InChI is InChI=1S/C16H27NO2/c1-5-10-17-16(6-2)13(3)19-15-9-7-8-14(11-15)12-18-4/h7-9,11,13,16-17H,5-6,10,12H2,1-4H3. The van der Waals surface area contributed by atoms with Gasteiger partial charge in [0.15, 0.2) is 0 Å². The van der Waals surface area contributed by atoms with Gasteiger partial charge in [-0.3, -0.25) is 0 Å². The lowest BCUT2D eigenvalue weighted by Crippen LogP contribution is -2.41. The molecule has 0 saturated heterocycles. The van der Waals surface area contributed by atoms with E-state index in [2.05, 4.69) is 26.1 Å². The molecule has 0 heterocycles. The van der Waals surface area contributed by atoms with Crippen LogP contribution in [-0.2, 0) is 11.3 Å². The molecule has 2 atom stereocenters. The lowest BCUT2D eigenvalue weighted by molar-refractivity contribution is 0.165. The maximum atomic E-state index is 6.03. The summed E-state index contributed by atoms with van der Waals surface area (Å²) in [7, 11) is 1.71. The van der Waals surface area contributed by atoms with Crippen LogP contribution < -0.4 is 10.1 Å². The van der Waals surface area contributed by atoms with E-state index in [1.165, 1.54) is 0 Å². The fourth-order valence-corrected chi connectivity index (χ4v) is 2.14. The Morgan fingerprint density at radius 2 is 2.05 bits per heavy atom. The van der Waals surface area contributed by atoms with E-state index in [4.69, 9.17) is 9.47 Å². The number of methoxy groups -OCH3 is 1. The fourth-order valence-electron chi connectivity index (χ4n) is 2.14. The lowest BCUT2D eigenvalue weighted by atomic mass is 10.1. The van der Waals surface area contributed by atoms with E-state index in [-0.39, 0.29) is 6.10 Å².